The maximum Gasteiger partial charge on any atom is 0.396 e. The van der Waals surface area contributed by atoms with Gasteiger partial charge in [-0.3, -0.25) is 0 Å². The fourth-order valence-corrected chi connectivity index (χ4v) is 1.97. The minimum absolute atomic E-state index is 0.0977. The summed E-state index contributed by atoms with van der Waals surface area (Å²) in [6, 6.07) is 1.69. The summed E-state index contributed by atoms with van der Waals surface area (Å²) in [4.78, 5) is 7.89. The third-order valence-corrected chi connectivity index (χ3v) is 2.57. The van der Waals surface area contributed by atoms with Gasteiger partial charge in [-0.05, 0) is 11.4 Å². The lowest BCUT2D eigenvalue weighted by Gasteiger charge is -2.05. The number of hydrogen-bond acceptors (Lipinski definition) is 4. The van der Waals surface area contributed by atoms with Gasteiger partial charge < -0.3 is 5.73 Å². The van der Waals surface area contributed by atoms with Gasteiger partial charge in [-0.15, -0.1) is 11.3 Å². The van der Waals surface area contributed by atoms with Crippen molar-refractivity contribution in [1.29, 1.82) is 0 Å². The quantitative estimate of drug-likeness (QED) is 0.822. The van der Waals surface area contributed by atoms with Crippen LogP contribution in [0, 0.1) is 0 Å². The lowest BCUT2D eigenvalue weighted by Crippen LogP contribution is -2.14. The van der Waals surface area contributed by atoms with Crippen molar-refractivity contribution in [1.82, 2.24) is 9.97 Å². The summed E-state index contributed by atoms with van der Waals surface area (Å²) < 4.78 is 36.2. The number of alkyl halides is 3. The zero-order valence-electron chi connectivity index (χ0n) is 7.38. The molecule has 0 aliphatic heterocycles. The molecule has 80 valence electrons. The van der Waals surface area contributed by atoms with Crippen LogP contribution in [0.25, 0.3) is 10.2 Å². The van der Waals surface area contributed by atoms with E-state index in [9.17, 15) is 13.2 Å². The highest BCUT2D eigenvalue weighted by atomic mass is 32.1. The van der Waals surface area contributed by atoms with E-state index in [1.807, 2.05) is 0 Å². The molecule has 0 amide bonds. The Morgan fingerprint density at radius 1 is 1.33 bits per heavy atom. The van der Waals surface area contributed by atoms with Crippen molar-refractivity contribution < 1.29 is 13.2 Å². The van der Waals surface area contributed by atoms with Gasteiger partial charge in [0.15, 0.2) is 0 Å². The van der Waals surface area contributed by atoms with Gasteiger partial charge in [-0.1, -0.05) is 0 Å². The third-order valence-electron chi connectivity index (χ3n) is 1.76. The zero-order chi connectivity index (χ0) is 11.1. The second-order valence-corrected chi connectivity index (χ2v) is 3.85. The molecule has 2 rings (SSSR count). The van der Waals surface area contributed by atoms with Gasteiger partial charge >= 0.3 is 6.18 Å². The van der Waals surface area contributed by atoms with E-state index in [1.54, 1.807) is 11.4 Å². The molecule has 0 radical (unpaired) electrons. The molecule has 2 heterocycles. The van der Waals surface area contributed by atoms with Gasteiger partial charge in [0.1, 0.15) is 22.9 Å². The summed E-state index contributed by atoms with van der Waals surface area (Å²) in [6.45, 7) is 0. The van der Waals surface area contributed by atoms with Crippen LogP contribution in [0.15, 0.2) is 11.4 Å². The molecular formula is C8H6F3N3S. The third kappa shape index (κ3) is 2.17. The Kier molecular flexibility index (Phi) is 2.26. The lowest BCUT2D eigenvalue weighted by atomic mass is 10.3. The van der Waals surface area contributed by atoms with Crippen LogP contribution < -0.4 is 5.73 Å². The van der Waals surface area contributed by atoms with Crippen molar-refractivity contribution in [3.05, 3.63) is 17.3 Å². The lowest BCUT2D eigenvalue weighted by molar-refractivity contribution is -0.128. The monoisotopic (exact) mass is 233 g/mol. The van der Waals surface area contributed by atoms with E-state index in [-0.39, 0.29) is 11.6 Å². The Labute approximate surface area is 86.8 Å². The zero-order valence-corrected chi connectivity index (χ0v) is 8.19. The van der Waals surface area contributed by atoms with E-state index < -0.39 is 12.6 Å². The van der Waals surface area contributed by atoms with Crippen molar-refractivity contribution in [2.75, 3.05) is 5.73 Å². The molecule has 0 spiro atoms. The highest BCUT2D eigenvalue weighted by molar-refractivity contribution is 7.16. The first-order chi connectivity index (χ1) is 6.96. The molecule has 0 saturated heterocycles. The maximum atomic E-state index is 12.1. The van der Waals surface area contributed by atoms with E-state index in [0.717, 1.165) is 0 Å². The highest BCUT2D eigenvalue weighted by Crippen LogP contribution is 2.25. The largest absolute Gasteiger partial charge is 0.396 e. The first kappa shape index (κ1) is 10.2. The number of nitrogens with two attached hydrogens (primary N) is 1. The van der Waals surface area contributed by atoms with Crippen LogP contribution in [0.4, 0.5) is 19.0 Å². The Hall–Kier alpha value is -1.37. The van der Waals surface area contributed by atoms with Gasteiger partial charge in [-0.25, -0.2) is 9.97 Å². The van der Waals surface area contributed by atoms with E-state index in [4.69, 9.17) is 5.73 Å². The molecule has 0 aromatic carbocycles. The number of rotatable bonds is 1. The van der Waals surface area contributed by atoms with Gasteiger partial charge in [0.05, 0.1) is 5.39 Å². The number of aromatic nitrogens is 2. The summed E-state index contributed by atoms with van der Waals surface area (Å²) in [7, 11) is 0. The molecule has 0 aliphatic carbocycles. The Morgan fingerprint density at radius 2 is 2.07 bits per heavy atom. The van der Waals surface area contributed by atoms with E-state index in [0.29, 0.717) is 10.2 Å². The van der Waals surface area contributed by atoms with Crippen molar-refractivity contribution in [2.45, 2.75) is 12.6 Å². The van der Waals surface area contributed by atoms with Gasteiger partial charge in [0.2, 0.25) is 0 Å². The first-order valence-electron chi connectivity index (χ1n) is 4.02. The number of halogens is 3. The number of nitrogens with zero attached hydrogens (tertiary/aromatic N) is 2. The Morgan fingerprint density at radius 3 is 2.73 bits per heavy atom. The van der Waals surface area contributed by atoms with E-state index in [1.165, 1.54) is 11.3 Å². The van der Waals surface area contributed by atoms with Crippen molar-refractivity contribution in [2.24, 2.45) is 0 Å². The predicted octanol–water partition coefficient (Wildman–Crippen LogP) is 2.38. The molecule has 0 fully saturated rings. The Balaban J connectivity index is 2.45. The molecule has 7 heteroatoms. The average Bonchev–Trinajstić information content (AvgIpc) is 2.48. The molecule has 2 aromatic rings. The van der Waals surface area contributed by atoms with Crippen LogP contribution in [0.1, 0.15) is 5.82 Å². The normalized spacial score (nSPS) is 12.2. The van der Waals surface area contributed by atoms with Crippen LogP contribution in [0.2, 0.25) is 0 Å². The van der Waals surface area contributed by atoms with Crippen molar-refractivity contribution in [3.8, 4) is 0 Å². The molecule has 0 saturated carbocycles. The number of anilines is 1. The van der Waals surface area contributed by atoms with Crippen LogP contribution in [-0.4, -0.2) is 16.1 Å². The average molecular weight is 233 g/mol. The maximum absolute atomic E-state index is 12.1. The summed E-state index contributed by atoms with van der Waals surface area (Å²) in [5.41, 5.74) is 5.51. The van der Waals surface area contributed by atoms with E-state index >= 15 is 0 Å². The highest BCUT2D eigenvalue weighted by Gasteiger charge is 2.29. The molecular weight excluding hydrogens is 227 g/mol. The molecule has 0 aliphatic rings. The fraction of sp³-hybridized carbons (Fsp3) is 0.250. The number of nitrogen functional groups attached to an aromatic ring is 1. The molecule has 2 N–H and O–H groups in total. The predicted molar refractivity (Wildman–Crippen MR) is 51.6 cm³/mol. The fourth-order valence-electron chi connectivity index (χ4n) is 1.18. The number of hydrogen-bond donors (Lipinski definition) is 1. The molecule has 0 unspecified atom stereocenters. The number of thiophene rings is 1. The Bertz CT molecular complexity index is 491. The number of fused-ring (bicyclic) bond motifs is 1. The van der Waals surface area contributed by atoms with Gasteiger partial charge in [-0.2, -0.15) is 13.2 Å². The van der Waals surface area contributed by atoms with Gasteiger partial charge in [0, 0.05) is 0 Å². The van der Waals surface area contributed by atoms with Crippen LogP contribution in [0.3, 0.4) is 0 Å². The van der Waals surface area contributed by atoms with E-state index in [2.05, 4.69) is 9.97 Å². The molecule has 2 aromatic heterocycles. The molecule has 0 atom stereocenters. The summed E-state index contributed by atoms with van der Waals surface area (Å²) >= 11 is 1.24. The van der Waals surface area contributed by atoms with Crippen molar-refractivity contribution in [3.63, 3.8) is 0 Å². The smallest absolute Gasteiger partial charge is 0.383 e. The molecule has 0 bridgehead atoms. The second kappa shape index (κ2) is 3.34. The van der Waals surface area contributed by atoms with Gasteiger partial charge in [0.25, 0.3) is 0 Å². The molecule has 15 heavy (non-hydrogen) atoms. The minimum Gasteiger partial charge on any atom is -0.383 e. The molecule has 3 nitrogen and oxygen atoms in total. The summed E-state index contributed by atoms with van der Waals surface area (Å²) in [6.07, 6.45) is -5.46. The second-order valence-electron chi connectivity index (χ2n) is 2.96. The summed E-state index contributed by atoms with van der Waals surface area (Å²) in [5, 5.41) is 2.32. The van der Waals surface area contributed by atoms with Crippen molar-refractivity contribution >= 4 is 27.4 Å². The van der Waals surface area contributed by atoms with Crippen LogP contribution >= 0.6 is 11.3 Å². The minimum atomic E-state index is -4.31. The summed E-state index contributed by atoms with van der Waals surface area (Å²) in [5.74, 6) is -0.185. The van der Waals surface area contributed by atoms with Crippen LogP contribution in [0.5, 0.6) is 0 Å². The topological polar surface area (TPSA) is 51.8 Å². The SMILES string of the molecule is Nc1nc(CC(F)(F)F)nc2sccc12. The first-order valence-corrected chi connectivity index (χ1v) is 4.90. The standard InChI is InChI=1S/C8H6F3N3S/c9-8(10,11)3-5-13-6(12)4-1-2-15-7(4)14-5/h1-2H,3H2,(H2,12,13,14). The van der Waals surface area contributed by atoms with Crippen LogP contribution in [-0.2, 0) is 6.42 Å².